The third-order valence-electron chi connectivity index (χ3n) is 7.50. The lowest BCUT2D eigenvalue weighted by Gasteiger charge is -2.42. The summed E-state index contributed by atoms with van der Waals surface area (Å²) >= 11 is 0. The predicted molar refractivity (Wildman–Crippen MR) is 155 cm³/mol. The second kappa shape index (κ2) is 11.1. The van der Waals surface area contributed by atoms with Gasteiger partial charge in [-0.2, -0.15) is 9.97 Å². The maximum atomic E-state index is 12.3. The molecule has 206 valence electrons. The van der Waals surface area contributed by atoms with Crippen molar-refractivity contribution in [1.29, 1.82) is 0 Å². The van der Waals surface area contributed by atoms with Gasteiger partial charge in [-0.15, -0.1) is 0 Å². The Morgan fingerprint density at radius 3 is 2.77 bits per heavy atom. The highest BCUT2D eigenvalue weighted by Crippen LogP contribution is 2.37. The first kappa shape index (κ1) is 26.7. The van der Waals surface area contributed by atoms with Crippen LogP contribution in [0.5, 0.6) is 11.8 Å². The second-order valence-corrected chi connectivity index (χ2v) is 10.8. The van der Waals surface area contributed by atoms with Gasteiger partial charge in [0.15, 0.2) is 0 Å². The molecule has 3 heterocycles. The Hall–Kier alpha value is -3.85. The molecule has 1 amide bonds. The lowest BCUT2D eigenvalue weighted by atomic mass is 10.0. The normalized spacial score (nSPS) is 18.3. The Kier molecular flexibility index (Phi) is 7.61. The van der Waals surface area contributed by atoms with Gasteiger partial charge in [0.2, 0.25) is 5.91 Å². The number of piperazine rings is 1. The molecule has 0 spiro atoms. The summed E-state index contributed by atoms with van der Waals surface area (Å²) in [5.41, 5.74) is 3.05. The van der Waals surface area contributed by atoms with Crippen LogP contribution in [0.25, 0.3) is 10.8 Å². The first-order valence-electron chi connectivity index (χ1n) is 13.6. The van der Waals surface area contributed by atoms with Crippen LogP contribution in [-0.2, 0) is 17.8 Å². The average molecular weight is 531 g/mol. The number of carbonyl (C=O) groups is 1. The van der Waals surface area contributed by atoms with Gasteiger partial charge in [-0.05, 0) is 51.9 Å². The number of phenolic OH excluding ortho intramolecular Hbond substituents is 1. The van der Waals surface area contributed by atoms with E-state index in [1.54, 1.807) is 6.07 Å². The van der Waals surface area contributed by atoms with Crippen LogP contribution in [-0.4, -0.2) is 89.7 Å². The molecular weight excluding hydrogens is 492 g/mol. The predicted octanol–water partition coefficient (Wildman–Crippen LogP) is 3.45. The number of aromatic nitrogens is 2. The summed E-state index contributed by atoms with van der Waals surface area (Å²) in [5, 5.41) is 12.6. The third kappa shape index (κ3) is 5.63. The maximum Gasteiger partial charge on any atom is 0.318 e. The molecule has 0 bridgehead atoms. The molecular formula is C30H38N6O3. The highest BCUT2D eigenvalue weighted by atomic mass is 16.5. The number of likely N-dealkylation sites (N-methyl/N-ethyl adjacent to an activating group) is 1. The molecule has 1 aromatic heterocycles. The van der Waals surface area contributed by atoms with Crippen molar-refractivity contribution in [2.45, 2.75) is 39.0 Å². The molecule has 5 rings (SSSR count). The van der Waals surface area contributed by atoms with Crippen LogP contribution in [0.4, 0.5) is 11.5 Å². The van der Waals surface area contributed by atoms with E-state index < -0.39 is 0 Å². The molecule has 0 radical (unpaired) electrons. The SMILES string of the molecule is C=CC(=O)N1CCN(c2nc(OC(C)CN(C)C)nc3c2CCN(c2cc(O)cc4ccccc24)C3)[C@@H](C)C1. The van der Waals surface area contributed by atoms with Crippen LogP contribution in [0.1, 0.15) is 25.1 Å². The molecule has 0 saturated carbocycles. The van der Waals surface area contributed by atoms with E-state index in [0.29, 0.717) is 32.2 Å². The molecule has 1 N–H and O–H groups in total. The number of hydrogen-bond acceptors (Lipinski definition) is 8. The van der Waals surface area contributed by atoms with E-state index in [2.05, 4.69) is 34.3 Å². The fourth-order valence-corrected chi connectivity index (χ4v) is 5.75. The van der Waals surface area contributed by atoms with E-state index >= 15 is 0 Å². The number of rotatable bonds is 7. The van der Waals surface area contributed by atoms with Crippen LogP contribution < -0.4 is 14.5 Å². The van der Waals surface area contributed by atoms with E-state index in [1.807, 2.05) is 50.2 Å². The van der Waals surface area contributed by atoms with Crippen molar-refractivity contribution in [3.05, 3.63) is 60.3 Å². The molecule has 2 aromatic carbocycles. The fraction of sp³-hybridized carbons (Fsp3) is 0.433. The molecule has 9 nitrogen and oxygen atoms in total. The Labute approximate surface area is 230 Å². The lowest BCUT2D eigenvalue weighted by Crippen LogP contribution is -2.54. The van der Waals surface area contributed by atoms with Gasteiger partial charge in [0.1, 0.15) is 17.7 Å². The number of carbonyl (C=O) groups excluding carboxylic acids is 1. The largest absolute Gasteiger partial charge is 0.508 e. The number of benzene rings is 2. The van der Waals surface area contributed by atoms with Gasteiger partial charge >= 0.3 is 6.01 Å². The molecule has 3 aromatic rings. The number of nitrogens with zero attached hydrogens (tertiary/aromatic N) is 6. The molecule has 2 aliphatic heterocycles. The topological polar surface area (TPSA) is 85.3 Å². The van der Waals surface area contributed by atoms with Crippen LogP contribution in [0.15, 0.2) is 49.1 Å². The van der Waals surface area contributed by atoms with E-state index in [-0.39, 0.29) is 23.8 Å². The van der Waals surface area contributed by atoms with Gasteiger partial charge in [-0.3, -0.25) is 4.79 Å². The van der Waals surface area contributed by atoms with Gasteiger partial charge in [0.25, 0.3) is 0 Å². The summed E-state index contributed by atoms with van der Waals surface area (Å²) in [7, 11) is 4.03. The minimum absolute atomic E-state index is 0.0401. The molecule has 1 fully saturated rings. The minimum atomic E-state index is -0.0832. The number of amides is 1. The molecule has 2 atom stereocenters. The Balaban J connectivity index is 1.51. The number of ether oxygens (including phenoxy) is 1. The summed E-state index contributed by atoms with van der Waals surface area (Å²) in [6.45, 7) is 11.8. The van der Waals surface area contributed by atoms with Crippen molar-refractivity contribution in [3.63, 3.8) is 0 Å². The molecule has 1 saturated heterocycles. The molecule has 1 unspecified atom stereocenters. The van der Waals surface area contributed by atoms with Gasteiger partial charge in [0, 0.05) is 61.5 Å². The molecule has 2 aliphatic rings. The number of anilines is 2. The van der Waals surface area contributed by atoms with Crippen LogP contribution in [0.2, 0.25) is 0 Å². The highest BCUT2D eigenvalue weighted by Gasteiger charge is 2.32. The third-order valence-corrected chi connectivity index (χ3v) is 7.50. The zero-order chi connectivity index (χ0) is 27.7. The van der Waals surface area contributed by atoms with Crippen molar-refractivity contribution in [2.75, 3.05) is 56.6 Å². The average Bonchev–Trinajstić information content (AvgIpc) is 2.90. The lowest BCUT2D eigenvalue weighted by molar-refractivity contribution is -0.126. The smallest absolute Gasteiger partial charge is 0.318 e. The van der Waals surface area contributed by atoms with Crippen LogP contribution >= 0.6 is 0 Å². The monoisotopic (exact) mass is 530 g/mol. The molecule has 9 heteroatoms. The molecule has 0 aliphatic carbocycles. The van der Waals surface area contributed by atoms with Gasteiger partial charge in [0.05, 0.1) is 12.2 Å². The number of hydrogen-bond donors (Lipinski definition) is 1. The quantitative estimate of drug-likeness (QED) is 0.465. The van der Waals surface area contributed by atoms with Crippen LogP contribution in [0.3, 0.4) is 0 Å². The Morgan fingerprint density at radius 2 is 2.03 bits per heavy atom. The van der Waals surface area contributed by atoms with Crippen molar-refractivity contribution in [1.82, 2.24) is 19.8 Å². The van der Waals surface area contributed by atoms with E-state index in [0.717, 1.165) is 53.0 Å². The number of fused-ring (bicyclic) bond motifs is 2. The fourth-order valence-electron chi connectivity index (χ4n) is 5.75. The summed E-state index contributed by atoms with van der Waals surface area (Å²) < 4.78 is 6.24. The van der Waals surface area contributed by atoms with Gasteiger partial charge < -0.3 is 29.4 Å². The van der Waals surface area contributed by atoms with Crippen molar-refractivity contribution >= 4 is 28.2 Å². The second-order valence-electron chi connectivity index (χ2n) is 10.8. The van der Waals surface area contributed by atoms with Crippen molar-refractivity contribution < 1.29 is 14.6 Å². The van der Waals surface area contributed by atoms with Crippen molar-refractivity contribution in [3.8, 4) is 11.8 Å². The summed E-state index contributed by atoms with van der Waals surface area (Å²) in [6, 6.07) is 12.2. The summed E-state index contributed by atoms with van der Waals surface area (Å²) in [6.07, 6.45) is 2.06. The standard InChI is InChI=1S/C30H38N6O3/c1-6-28(38)35-13-14-36(20(2)17-35)29-25-11-12-34(27-16-23(37)15-22-9-7-8-10-24(22)27)19-26(25)31-30(32-29)39-21(3)18-33(4)5/h6-10,15-16,20-21,37H,1,11-14,17-19H2,2-5H3/t20-,21?/m0/s1. The minimum Gasteiger partial charge on any atom is -0.508 e. The zero-order valence-corrected chi connectivity index (χ0v) is 23.3. The zero-order valence-electron chi connectivity index (χ0n) is 23.3. The van der Waals surface area contributed by atoms with Crippen molar-refractivity contribution in [2.24, 2.45) is 0 Å². The van der Waals surface area contributed by atoms with E-state index in [1.165, 1.54) is 6.08 Å². The van der Waals surface area contributed by atoms with Gasteiger partial charge in [-0.1, -0.05) is 30.8 Å². The Morgan fingerprint density at radius 1 is 1.23 bits per heavy atom. The first-order chi connectivity index (χ1) is 18.7. The summed E-state index contributed by atoms with van der Waals surface area (Å²) in [5.74, 6) is 1.10. The van der Waals surface area contributed by atoms with E-state index in [4.69, 9.17) is 14.7 Å². The molecule has 39 heavy (non-hydrogen) atoms. The Bertz CT molecular complexity index is 1380. The number of aromatic hydroxyl groups is 1. The highest BCUT2D eigenvalue weighted by molar-refractivity contribution is 5.95. The first-order valence-corrected chi connectivity index (χ1v) is 13.6. The maximum absolute atomic E-state index is 12.3. The van der Waals surface area contributed by atoms with E-state index in [9.17, 15) is 9.90 Å². The number of phenols is 1. The van der Waals surface area contributed by atoms with Crippen LogP contribution in [0, 0.1) is 0 Å². The van der Waals surface area contributed by atoms with Gasteiger partial charge in [-0.25, -0.2) is 0 Å². The summed E-state index contributed by atoms with van der Waals surface area (Å²) in [4.78, 5) is 30.6.